The van der Waals surface area contributed by atoms with Gasteiger partial charge in [0.1, 0.15) is 5.82 Å². The quantitative estimate of drug-likeness (QED) is 0.841. The molecule has 1 aliphatic heterocycles. The Kier molecular flexibility index (Phi) is 4.25. The molecule has 0 amide bonds. The summed E-state index contributed by atoms with van der Waals surface area (Å²) in [6.45, 7) is 4.90. The number of rotatable bonds is 4. The first kappa shape index (κ1) is 13.8. The van der Waals surface area contributed by atoms with Gasteiger partial charge in [-0.2, -0.15) is 0 Å². The number of hydrogen-bond acceptors (Lipinski definition) is 6. The predicted molar refractivity (Wildman–Crippen MR) is 80.3 cm³/mol. The van der Waals surface area contributed by atoms with Gasteiger partial charge in [0.15, 0.2) is 0 Å². The highest BCUT2D eigenvalue weighted by Gasteiger charge is 2.18. The van der Waals surface area contributed by atoms with Crippen LogP contribution < -0.4 is 9.64 Å². The van der Waals surface area contributed by atoms with E-state index in [0.29, 0.717) is 5.88 Å². The lowest BCUT2D eigenvalue weighted by Crippen LogP contribution is -2.46. The molecule has 0 atom stereocenters. The molecule has 1 aliphatic rings. The van der Waals surface area contributed by atoms with Crippen molar-refractivity contribution in [3.05, 3.63) is 42.5 Å². The molecule has 3 heterocycles. The zero-order valence-corrected chi connectivity index (χ0v) is 12.1. The van der Waals surface area contributed by atoms with E-state index in [1.807, 2.05) is 18.3 Å². The van der Waals surface area contributed by atoms with Crippen molar-refractivity contribution >= 4 is 5.82 Å². The Balaban J connectivity index is 1.56. The van der Waals surface area contributed by atoms with Crippen LogP contribution >= 0.6 is 0 Å². The number of pyridine rings is 1. The first-order chi connectivity index (χ1) is 10.3. The van der Waals surface area contributed by atoms with Gasteiger partial charge in [0, 0.05) is 57.4 Å². The monoisotopic (exact) mass is 285 g/mol. The van der Waals surface area contributed by atoms with Gasteiger partial charge < -0.3 is 9.64 Å². The van der Waals surface area contributed by atoms with Crippen LogP contribution in [0.2, 0.25) is 0 Å². The van der Waals surface area contributed by atoms with Crippen molar-refractivity contribution in [1.29, 1.82) is 0 Å². The summed E-state index contributed by atoms with van der Waals surface area (Å²) in [7, 11) is 1.64. The number of methoxy groups -OCH3 is 1. The minimum Gasteiger partial charge on any atom is -0.481 e. The highest BCUT2D eigenvalue weighted by Crippen LogP contribution is 2.15. The standard InChI is InChI=1S/C15H19N5O/c1-21-15-10-13(2-3-18-15)12-19-6-8-20(9-7-19)14-11-16-4-5-17-14/h2-5,10-11H,6-9,12H2,1H3. The molecule has 2 aromatic rings. The van der Waals surface area contributed by atoms with Gasteiger partial charge >= 0.3 is 0 Å². The van der Waals surface area contributed by atoms with Gasteiger partial charge in [0.2, 0.25) is 5.88 Å². The van der Waals surface area contributed by atoms with Gasteiger partial charge in [0.05, 0.1) is 13.3 Å². The average molecular weight is 285 g/mol. The van der Waals surface area contributed by atoms with Crippen LogP contribution in [0.4, 0.5) is 5.82 Å². The number of aromatic nitrogens is 3. The highest BCUT2D eigenvalue weighted by atomic mass is 16.5. The zero-order chi connectivity index (χ0) is 14.5. The third-order valence-corrected chi connectivity index (χ3v) is 3.66. The number of hydrogen-bond donors (Lipinski definition) is 0. The Morgan fingerprint density at radius 1 is 1.10 bits per heavy atom. The Morgan fingerprint density at radius 2 is 1.95 bits per heavy atom. The number of anilines is 1. The molecular formula is C15H19N5O. The first-order valence-corrected chi connectivity index (χ1v) is 7.07. The van der Waals surface area contributed by atoms with E-state index in [1.54, 1.807) is 25.7 Å². The van der Waals surface area contributed by atoms with Crippen LogP contribution in [0, 0.1) is 0 Å². The van der Waals surface area contributed by atoms with Crippen molar-refractivity contribution in [2.45, 2.75) is 6.54 Å². The molecule has 6 heteroatoms. The fourth-order valence-corrected chi connectivity index (χ4v) is 2.51. The molecule has 0 bridgehead atoms. The van der Waals surface area contributed by atoms with E-state index >= 15 is 0 Å². The fourth-order valence-electron chi connectivity index (χ4n) is 2.51. The molecule has 6 nitrogen and oxygen atoms in total. The van der Waals surface area contributed by atoms with Crippen LogP contribution in [0.1, 0.15) is 5.56 Å². The second-order valence-corrected chi connectivity index (χ2v) is 5.03. The summed E-state index contributed by atoms with van der Waals surface area (Å²) in [6.07, 6.45) is 7.06. The molecule has 3 rings (SSSR count). The topological polar surface area (TPSA) is 54.4 Å². The second-order valence-electron chi connectivity index (χ2n) is 5.03. The van der Waals surface area contributed by atoms with Crippen LogP contribution in [0.5, 0.6) is 5.88 Å². The summed E-state index contributed by atoms with van der Waals surface area (Å²) in [6, 6.07) is 4.03. The van der Waals surface area contributed by atoms with Crippen molar-refractivity contribution in [2.24, 2.45) is 0 Å². The van der Waals surface area contributed by atoms with E-state index in [9.17, 15) is 0 Å². The molecule has 110 valence electrons. The third kappa shape index (κ3) is 3.46. The van der Waals surface area contributed by atoms with Crippen molar-refractivity contribution in [3.8, 4) is 5.88 Å². The smallest absolute Gasteiger partial charge is 0.213 e. The number of ether oxygens (including phenoxy) is 1. The summed E-state index contributed by atoms with van der Waals surface area (Å²) < 4.78 is 5.17. The SMILES string of the molecule is COc1cc(CN2CCN(c3cnccn3)CC2)ccn1. The number of nitrogens with zero attached hydrogens (tertiary/aromatic N) is 5. The largest absolute Gasteiger partial charge is 0.481 e. The van der Waals surface area contributed by atoms with E-state index in [2.05, 4.69) is 24.8 Å². The van der Waals surface area contributed by atoms with Crippen LogP contribution in [0.15, 0.2) is 36.9 Å². The van der Waals surface area contributed by atoms with Crippen LogP contribution in [0.3, 0.4) is 0 Å². The Labute approximate surface area is 124 Å². The van der Waals surface area contributed by atoms with E-state index in [4.69, 9.17) is 4.74 Å². The lowest BCUT2D eigenvalue weighted by Gasteiger charge is -2.35. The molecular weight excluding hydrogens is 266 g/mol. The van der Waals surface area contributed by atoms with Crippen LogP contribution in [-0.2, 0) is 6.54 Å². The summed E-state index contributed by atoms with van der Waals surface area (Å²) in [5.74, 6) is 1.63. The van der Waals surface area contributed by atoms with Crippen molar-refractivity contribution in [2.75, 3.05) is 38.2 Å². The highest BCUT2D eigenvalue weighted by molar-refractivity contribution is 5.35. The van der Waals surface area contributed by atoms with E-state index in [-0.39, 0.29) is 0 Å². The summed E-state index contributed by atoms with van der Waals surface area (Å²) >= 11 is 0. The van der Waals surface area contributed by atoms with Gasteiger partial charge in [-0.1, -0.05) is 0 Å². The van der Waals surface area contributed by atoms with Gasteiger partial charge in [0.25, 0.3) is 0 Å². The van der Waals surface area contributed by atoms with E-state index in [0.717, 1.165) is 38.5 Å². The molecule has 21 heavy (non-hydrogen) atoms. The second kappa shape index (κ2) is 6.49. The van der Waals surface area contributed by atoms with Crippen LogP contribution in [-0.4, -0.2) is 53.1 Å². The van der Waals surface area contributed by atoms with Crippen LogP contribution in [0.25, 0.3) is 0 Å². The molecule has 0 N–H and O–H groups in total. The first-order valence-electron chi connectivity index (χ1n) is 7.07. The summed E-state index contributed by atoms with van der Waals surface area (Å²) in [4.78, 5) is 17.3. The molecule has 1 saturated heterocycles. The normalized spacial score (nSPS) is 16.0. The summed E-state index contributed by atoms with van der Waals surface area (Å²) in [5.41, 5.74) is 1.23. The van der Waals surface area contributed by atoms with E-state index < -0.39 is 0 Å². The minimum absolute atomic E-state index is 0.672. The van der Waals surface area contributed by atoms with Gasteiger partial charge in [-0.3, -0.25) is 9.88 Å². The van der Waals surface area contributed by atoms with Crippen molar-refractivity contribution in [1.82, 2.24) is 19.9 Å². The molecule has 0 aromatic carbocycles. The average Bonchev–Trinajstić information content (AvgIpc) is 2.56. The Morgan fingerprint density at radius 3 is 2.67 bits per heavy atom. The maximum absolute atomic E-state index is 5.17. The van der Waals surface area contributed by atoms with E-state index in [1.165, 1.54) is 5.56 Å². The molecule has 1 fully saturated rings. The maximum Gasteiger partial charge on any atom is 0.213 e. The molecule has 0 radical (unpaired) electrons. The molecule has 0 unspecified atom stereocenters. The van der Waals surface area contributed by atoms with Crippen molar-refractivity contribution in [3.63, 3.8) is 0 Å². The summed E-state index contributed by atoms with van der Waals surface area (Å²) in [5, 5.41) is 0. The zero-order valence-electron chi connectivity index (χ0n) is 12.1. The van der Waals surface area contributed by atoms with Gasteiger partial charge in [-0.25, -0.2) is 9.97 Å². The predicted octanol–water partition coefficient (Wildman–Crippen LogP) is 1.20. The Bertz CT molecular complexity index is 569. The Hall–Kier alpha value is -2.21. The lowest BCUT2D eigenvalue weighted by atomic mass is 10.2. The fraction of sp³-hybridized carbons (Fsp3) is 0.400. The van der Waals surface area contributed by atoms with Crippen molar-refractivity contribution < 1.29 is 4.74 Å². The molecule has 0 saturated carbocycles. The van der Waals surface area contributed by atoms with Gasteiger partial charge in [-0.15, -0.1) is 0 Å². The third-order valence-electron chi connectivity index (χ3n) is 3.66. The molecule has 0 spiro atoms. The number of piperazine rings is 1. The minimum atomic E-state index is 0.672. The molecule has 0 aliphatic carbocycles. The van der Waals surface area contributed by atoms with Gasteiger partial charge in [-0.05, 0) is 11.6 Å². The lowest BCUT2D eigenvalue weighted by molar-refractivity contribution is 0.248. The molecule has 2 aromatic heterocycles. The maximum atomic E-state index is 5.17.